The fourth-order valence-corrected chi connectivity index (χ4v) is 8.79. The fourth-order valence-electron chi connectivity index (χ4n) is 7.93. The Kier molecular flexibility index (Phi) is 11.9. The fraction of sp³-hybridized carbons (Fsp3) is 0.400. The van der Waals surface area contributed by atoms with Crippen molar-refractivity contribution in [2.45, 2.75) is 72.4 Å². The normalized spacial score (nSPS) is 15.6. The minimum Gasteiger partial charge on any atom is -0.493 e. The lowest BCUT2D eigenvalue weighted by Crippen LogP contribution is -2.38. The highest BCUT2D eigenvalue weighted by atomic mass is 32.1. The number of carboxylic acids is 1. The number of anilines is 2. The van der Waals surface area contributed by atoms with E-state index >= 15 is 0 Å². The van der Waals surface area contributed by atoms with Gasteiger partial charge in [-0.1, -0.05) is 54.7 Å². The maximum Gasteiger partial charge on any atom is 0.358 e. The van der Waals surface area contributed by atoms with Crippen LogP contribution in [0.3, 0.4) is 0 Å². The third-order valence-electron chi connectivity index (χ3n) is 11.0. The molecule has 3 aromatic carbocycles. The van der Waals surface area contributed by atoms with E-state index in [2.05, 4.69) is 28.2 Å². The molecule has 5 aromatic rings. The number of nitrogens with one attached hydrogen (secondary N) is 1. The van der Waals surface area contributed by atoms with Gasteiger partial charge in [-0.3, -0.25) is 19.8 Å². The molecule has 2 aliphatic heterocycles. The highest BCUT2D eigenvalue weighted by Crippen LogP contribution is 2.36. The highest BCUT2D eigenvalue weighted by Gasteiger charge is 2.29. The smallest absolute Gasteiger partial charge is 0.358 e. The third-order valence-corrected chi connectivity index (χ3v) is 12.0. The van der Waals surface area contributed by atoms with E-state index in [1.165, 1.54) is 11.3 Å². The van der Waals surface area contributed by atoms with E-state index in [1.807, 2.05) is 99.3 Å². The molecule has 1 fully saturated rings. The number of esters is 1. The second-order valence-corrected chi connectivity index (χ2v) is 17.2. The van der Waals surface area contributed by atoms with Crippen LogP contribution in [-0.2, 0) is 22.5 Å². The van der Waals surface area contributed by atoms with Gasteiger partial charge in [-0.25, -0.2) is 14.8 Å². The maximum atomic E-state index is 13.9. The van der Waals surface area contributed by atoms with Gasteiger partial charge < -0.3 is 19.5 Å². The summed E-state index contributed by atoms with van der Waals surface area (Å²) in [4.78, 5) is 52.4. The number of hydrogen-bond acceptors (Lipinski definition) is 10. The van der Waals surface area contributed by atoms with Crippen LogP contribution in [0, 0.1) is 18.8 Å². The predicted molar refractivity (Wildman–Crippen MR) is 224 cm³/mol. The Morgan fingerprint density at radius 2 is 1.72 bits per heavy atom. The molecule has 12 heteroatoms. The molecule has 7 rings (SSSR count). The molecule has 0 spiro atoms. The summed E-state index contributed by atoms with van der Waals surface area (Å²) < 4.78 is 13.3. The van der Waals surface area contributed by atoms with Crippen LogP contribution in [0.15, 0.2) is 72.8 Å². The molecule has 0 aliphatic carbocycles. The van der Waals surface area contributed by atoms with Crippen molar-refractivity contribution in [3.63, 3.8) is 0 Å². The van der Waals surface area contributed by atoms with Gasteiger partial charge in [0.25, 0.3) is 5.91 Å². The molecule has 0 bridgehead atoms. The van der Waals surface area contributed by atoms with Gasteiger partial charge in [0.05, 0.1) is 23.4 Å². The Hall–Kier alpha value is -5.33. The first-order valence-corrected chi connectivity index (χ1v) is 20.6. The number of carbonyl (C=O) groups is 3. The van der Waals surface area contributed by atoms with Crippen LogP contribution in [0.2, 0.25) is 0 Å². The second-order valence-electron chi connectivity index (χ2n) is 16.2. The second kappa shape index (κ2) is 17.0. The lowest BCUT2D eigenvalue weighted by Gasteiger charge is -2.34. The summed E-state index contributed by atoms with van der Waals surface area (Å²) in [5.41, 5.74) is 5.35. The number of pyridine rings is 1. The van der Waals surface area contributed by atoms with Crippen LogP contribution in [0.5, 0.6) is 5.75 Å². The summed E-state index contributed by atoms with van der Waals surface area (Å²) in [6, 6.07) is 23.4. The van der Waals surface area contributed by atoms with E-state index in [4.69, 9.17) is 19.6 Å². The molecular weight excluding hydrogens is 739 g/mol. The van der Waals surface area contributed by atoms with E-state index in [1.54, 1.807) is 0 Å². The number of carbonyl (C=O) groups excluding carboxylic acids is 2. The average molecular weight is 790 g/mol. The topological polar surface area (TPSA) is 134 Å². The van der Waals surface area contributed by atoms with Crippen molar-refractivity contribution in [1.29, 1.82) is 0 Å². The highest BCUT2D eigenvalue weighted by molar-refractivity contribution is 7.22. The lowest BCUT2D eigenvalue weighted by atomic mass is 9.84. The number of aliphatic carboxylic acids is 1. The van der Waals surface area contributed by atoms with E-state index < -0.39 is 17.5 Å². The molecule has 2 aromatic heterocycles. The minimum absolute atomic E-state index is 0.106. The Morgan fingerprint density at radius 1 is 0.947 bits per heavy atom. The first-order chi connectivity index (χ1) is 27.3. The molecule has 2 aliphatic rings. The standard InChI is InChI=1S/C45H51N5O6S/c1-28(30-18-22-49(23-19-30)27-40(51)52)21-25-55-37-14-9-11-32(29(37)2)33-16-17-39(47-41(33)43(54)56-45(3,4)5)50-24-20-31-10-8-12-34(35(31)26-50)42(53)48-44-46-36-13-6-7-15-38(36)57-44/h6-17,28,30H,18-27H2,1-5H3,(H,51,52)(H,46,48,53). The van der Waals surface area contributed by atoms with E-state index in [0.29, 0.717) is 60.0 Å². The van der Waals surface area contributed by atoms with Gasteiger partial charge in [-0.15, -0.1) is 0 Å². The number of amides is 1. The first-order valence-electron chi connectivity index (χ1n) is 19.8. The number of fused-ring (bicyclic) bond motifs is 2. The van der Waals surface area contributed by atoms with Crippen molar-refractivity contribution < 1.29 is 29.0 Å². The molecule has 1 amide bonds. The minimum atomic E-state index is -0.774. The lowest BCUT2D eigenvalue weighted by molar-refractivity contribution is -0.138. The summed E-state index contributed by atoms with van der Waals surface area (Å²) in [5, 5.41) is 12.7. The Morgan fingerprint density at radius 3 is 2.47 bits per heavy atom. The number of para-hydroxylation sites is 1. The summed E-state index contributed by atoms with van der Waals surface area (Å²) in [6.45, 7) is 13.2. The largest absolute Gasteiger partial charge is 0.493 e. The van der Waals surface area contributed by atoms with Gasteiger partial charge in [0.15, 0.2) is 10.8 Å². The molecule has 1 saturated heterocycles. The molecule has 298 valence electrons. The van der Waals surface area contributed by atoms with Crippen molar-refractivity contribution in [1.82, 2.24) is 14.9 Å². The van der Waals surface area contributed by atoms with Crippen LogP contribution in [-0.4, -0.2) is 76.2 Å². The zero-order valence-electron chi connectivity index (χ0n) is 33.3. The van der Waals surface area contributed by atoms with Crippen molar-refractivity contribution >= 4 is 50.3 Å². The van der Waals surface area contributed by atoms with E-state index in [9.17, 15) is 14.4 Å². The predicted octanol–water partition coefficient (Wildman–Crippen LogP) is 8.64. The van der Waals surface area contributed by atoms with Gasteiger partial charge in [0.2, 0.25) is 0 Å². The van der Waals surface area contributed by atoms with Crippen molar-refractivity contribution in [2.75, 3.05) is 43.0 Å². The SMILES string of the molecule is Cc1c(OCCC(C)C2CCN(CC(=O)O)CC2)cccc1-c1ccc(N2CCc3cccc(C(=O)Nc4nc5ccccc5s4)c3C2)nc1C(=O)OC(C)(C)C. The molecule has 1 atom stereocenters. The number of benzene rings is 3. The van der Waals surface area contributed by atoms with Gasteiger partial charge in [0, 0.05) is 24.2 Å². The number of rotatable bonds is 12. The monoisotopic (exact) mass is 789 g/mol. The maximum absolute atomic E-state index is 13.9. The number of hydrogen-bond donors (Lipinski definition) is 2. The summed E-state index contributed by atoms with van der Waals surface area (Å²) in [5.74, 6) is 0.858. The summed E-state index contributed by atoms with van der Waals surface area (Å²) >= 11 is 1.45. The first kappa shape index (κ1) is 39.9. The zero-order valence-corrected chi connectivity index (χ0v) is 34.2. The van der Waals surface area contributed by atoms with Crippen LogP contribution in [0.25, 0.3) is 21.3 Å². The molecule has 0 saturated carbocycles. The molecule has 57 heavy (non-hydrogen) atoms. The Bertz CT molecular complexity index is 2240. The van der Waals surface area contributed by atoms with Crippen LogP contribution < -0.4 is 15.0 Å². The molecule has 2 N–H and O–H groups in total. The van der Waals surface area contributed by atoms with Gasteiger partial charge in [0.1, 0.15) is 17.2 Å². The summed E-state index contributed by atoms with van der Waals surface area (Å²) in [6.07, 6.45) is 3.58. The van der Waals surface area contributed by atoms with Crippen molar-refractivity contribution in [3.05, 3.63) is 101 Å². The Labute approximate surface area is 338 Å². The zero-order chi connectivity index (χ0) is 40.3. The summed E-state index contributed by atoms with van der Waals surface area (Å²) in [7, 11) is 0. The number of carboxylic acid groups (broad SMARTS) is 1. The average Bonchev–Trinajstić information content (AvgIpc) is 3.59. The van der Waals surface area contributed by atoms with Gasteiger partial charge in [-0.2, -0.15) is 0 Å². The number of nitrogens with zero attached hydrogens (tertiary/aromatic N) is 4. The quantitative estimate of drug-likeness (QED) is 0.118. The number of likely N-dealkylation sites (tertiary alicyclic amines) is 1. The van der Waals surface area contributed by atoms with Crippen LogP contribution in [0.4, 0.5) is 10.9 Å². The van der Waals surface area contributed by atoms with E-state index in [0.717, 1.165) is 70.6 Å². The molecule has 11 nitrogen and oxygen atoms in total. The van der Waals surface area contributed by atoms with Gasteiger partial charge in [-0.05, 0) is 137 Å². The van der Waals surface area contributed by atoms with Crippen molar-refractivity contribution in [3.8, 4) is 16.9 Å². The third kappa shape index (κ3) is 9.45. The molecule has 0 radical (unpaired) electrons. The van der Waals surface area contributed by atoms with Gasteiger partial charge >= 0.3 is 11.9 Å². The number of piperidine rings is 1. The Balaban J connectivity index is 1.09. The molecule has 1 unspecified atom stereocenters. The number of aromatic nitrogens is 2. The molecule has 4 heterocycles. The van der Waals surface area contributed by atoms with Crippen LogP contribution in [0.1, 0.15) is 84.5 Å². The number of ether oxygens (including phenoxy) is 2. The number of thiazole rings is 1. The van der Waals surface area contributed by atoms with Crippen molar-refractivity contribution in [2.24, 2.45) is 11.8 Å². The van der Waals surface area contributed by atoms with Crippen LogP contribution >= 0.6 is 11.3 Å². The van der Waals surface area contributed by atoms with E-state index in [-0.39, 0.29) is 18.1 Å². The molecular formula is C45H51N5O6S.